The number of hydrogen-bond donors (Lipinski definition) is 3. The molecule has 1 aromatic carbocycles. The van der Waals surface area contributed by atoms with E-state index in [1.54, 1.807) is 23.1 Å². The highest BCUT2D eigenvalue weighted by Crippen LogP contribution is 2.22. The molecule has 11 heteroatoms. The first-order valence-corrected chi connectivity index (χ1v) is 8.95. The van der Waals surface area contributed by atoms with Gasteiger partial charge in [-0.15, -0.1) is 0 Å². The Bertz CT molecular complexity index is 1010. The molecule has 0 unspecified atom stereocenters. The fourth-order valence-electron chi connectivity index (χ4n) is 2.25. The van der Waals surface area contributed by atoms with Gasteiger partial charge in [0.05, 0.1) is 12.0 Å². The number of nitrogens with one attached hydrogen (secondary N) is 1. The molecule has 4 N–H and O–H groups in total. The Kier molecular flexibility index (Phi) is 7.24. The van der Waals surface area contributed by atoms with Gasteiger partial charge in [0.15, 0.2) is 5.76 Å². The molecule has 0 saturated carbocycles. The van der Waals surface area contributed by atoms with Crippen molar-refractivity contribution in [2.24, 2.45) is 5.73 Å². The Morgan fingerprint density at radius 2 is 1.77 bits per heavy atom. The minimum Gasteiger partial charge on any atom is -0.475 e. The van der Waals surface area contributed by atoms with Gasteiger partial charge >= 0.3 is 12.1 Å². The zero-order chi connectivity index (χ0) is 23.2. The summed E-state index contributed by atoms with van der Waals surface area (Å²) < 4.78 is 38.7. The van der Waals surface area contributed by atoms with E-state index in [1.807, 2.05) is 50.2 Å². The van der Waals surface area contributed by atoms with E-state index in [0.717, 1.165) is 5.69 Å². The van der Waals surface area contributed by atoms with Crippen LogP contribution in [0.5, 0.6) is 0 Å². The van der Waals surface area contributed by atoms with Crippen LogP contribution in [-0.4, -0.2) is 45.0 Å². The summed E-state index contributed by atoms with van der Waals surface area (Å²) in [5, 5.41) is 14.5. The number of carboxylic acids is 1. The number of carbonyl (C=O) groups is 2. The van der Waals surface area contributed by atoms with Crippen LogP contribution in [0.4, 0.5) is 13.2 Å². The maximum Gasteiger partial charge on any atom is 0.490 e. The molecule has 0 aliphatic heterocycles. The molecular formula is C20H21F3N4O4. The number of carbonyl (C=O) groups excluding carboxylic acids is 1. The van der Waals surface area contributed by atoms with Crippen LogP contribution in [-0.2, 0) is 4.79 Å². The van der Waals surface area contributed by atoms with Gasteiger partial charge in [-0.3, -0.25) is 4.79 Å². The second-order valence-electron chi connectivity index (χ2n) is 7.11. The van der Waals surface area contributed by atoms with Crippen LogP contribution in [0.3, 0.4) is 0 Å². The van der Waals surface area contributed by atoms with Crippen molar-refractivity contribution in [2.45, 2.75) is 25.6 Å². The third kappa shape index (κ3) is 7.00. The van der Waals surface area contributed by atoms with Crippen LogP contribution in [0.2, 0.25) is 0 Å². The van der Waals surface area contributed by atoms with Gasteiger partial charge < -0.3 is 20.6 Å². The van der Waals surface area contributed by atoms with Crippen LogP contribution in [0, 0.1) is 0 Å². The summed E-state index contributed by atoms with van der Waals surface area (Å²) in [4.78, 5) is 21.5. The molecule has 0 aliphatic rings. The number of carboxylic acid groups (broad SMARTS) is 1. The summed E-state index contributed by atoms with van der Waals surface area (Å²) in [5.41, 5.74) is 7.28. The first-order chi connectivity index (χ1) is 14.4. The molecule has 0 atom stereocenters. The maximum absolute atomic E-state index is 12.6. The molecule has 166 valence electrons. The first-order valence-electron chi connectivity index (χ1n) is 8.95. The number of hydrogen-bond acceptors (Lipinski definition) is 5. The van der Waals surface area contributed by atoms with Crippen molar-refractivity contribution in [1.82, 2.24) is 15.1 Å². The van der Waals surface area contributed by atoms with Crippen molar-refractivity contribution in [1.29, 1.82) is 0 Å². The van der Waals surface area contributed by atoms with Gasteiger partial charge in [-0.05, 0) is 38.1 Å². The number of aliphatic carboxylic acids is 1. The Labute approximate surface area is 175 Å². The number of alkyl halides is 3. The molecule has 0 radical (unpaired) electrons. The SMILES string of the molecule is CC(C)(N)CNC(=O)c1cc(-c2ccco2)nn1-c1ccccc1.O=C(O)C(F)(F)F. The van der Waals surface area contributed by atoms with Crippen molar-refractivity contribution in [3.63, 3.8) is 0 Å². The lowest BCUT2D eigenvalue weighted by Crippen LogP contribution is -2.45. The van der Waals surface area contributed by atoms with E-state index < -0.39 is 17.7 Å². The molecule has 3 aromatic rings. The minimum absolute atomic E-state index is 0.234. The van der Waals surface area contributed by atoms with E-state index in [2.05, 4.69) is 10.4 Å². The number of amides is 1. The van der Waals surface area contributed by atoms with E-state index in [1.165, 1.54) is 0 Å². The van der Waals surface area contributed by atoms with Crippen molar-refractivity contribution in [3.05, 3.63) is 60.5 Å². The lowest BCUT2D eigenvalue weighted by molar-refractivity contribution is -0.192. The van der Waals surface area contributed by atoms with Gasteiger partial charge in [0.25, 0.3) is 5.91 Å². The molecule has 31 heavy (non-hydrogen) atoms. The molecule has 0 saturated heterocycles. The fraction of sp³-hybridized carbons (Fsp3) is 0.250. The highest BCUT2D eigenvalue weighted by Gasteiger charge is 2.38. The van der Waals surface area contributed by atoms with Gasteiger partial charge in [-0.2, -0.15) is 18.3 Å². The van der Waals surface area contributed by atoms with Crippen molar-refractivity contribution < 1.29 is 32.3 Å². The maximum atomic E-state index is 12.6. The van der Waals surface area contributed by atoms with Gasteiger partial charge in [0.2, 0.25) is 0 Å². The highest BCUT2D eigenvalue weighted by atomic mass is 19.4. The van der Waals surface area contributed by atoms with Crippen LogP contribution >= 0.6 is 0 Å². The normalized spacial score (nSPS) is 11.4. The number of benzene rings is 1. The Morgan fingerprint density at radius 1 is 1.16 bits per heavy atom. The lowest BCUT2D eigenvalue weighted by Gasteiger charge is -2.19. The minimum atomic E-state index is -5.08. The number of halogens is 3. The van der Waals surface area contributed by atoms with Crippen LogP contribution < -0.4 is 11.1 Å². The summed E-state index contributed by atoms with van der Waals surface area (Å²) in [6.45, 7) is 4.08. The third-order valence-electron chi connectivity index (χ3n) is 3.66. The Hall–Kier alpha value is -3.60. The second kappa shape index (κ2) is 9.47. The first kappa shape index (κ1) is 23.7. The molecule has 2 aromatic heterocycles. The molecule has 1 amide bonds. The van der Waals surface area contributed by atoms with Gasteiger partial charge in [-0.25, -0.2) is 9.48 Å². The number of nitrogens with zero attached hydrogens (tertiary/aromatic N) is 2. The molecule has 2 heterocycles. The van der Waals surface area contributed by atoms with Crippen LogP contribution in [0.15, 0.2) is 59.2 Å². The summed E-state index contributed by atoms with van der Waals surface area (Å²) in [5.74, 6) is -2.38. The Balaban J connectivity index is 0.000000423. The van der Waals surface area contributed by atoms with E-state index in [0.29, 0.717) is 23.7 Å². The molecule has 0 aliphatic carbocycles. The predicted octanol–water partition coefficient (Wildman–Crippen LogP) is 3.23. The van der Waals surface area contributed by atoms with Gasteiger partial charge in [0.1, 0.15) is 11.4 Å². The molecular weight excluding hydrogens is 417 g/mol. The van der Waals surface area contributed by atoms with Crippen LogP contribution in [0.25, 0.3) is 17.1 Å². The fourth-order valence-corrected chi connectivity index (χ4v) is 2.25. The van der Waals surface area contributed by atoms with Gasteiger partial charge in [-0.1, -0.05) is 18.2 Å². The number of furan rings is 1. The predicted molar refractivity (Wildman–Crippen MR) is 106 cm³/mol. The second-order valence-corrected chi connectivity index (χ2v) is 7.11. The zero-order valence-electron chi connectivity index (χ0n) is 16.7. The topological polar surface area (TPSA) is 123 Å². The number of aromatic nitrogens is 2. The Morgan fingerprint density at radius 3 is 2.26 bits per heavy atom. The quantitative estimate of drug-likeness (QED) is 0.562. The van der Waals surface area contributed by atoms with E-state index in [4.69, 9.17) is 20.1 Å². The number of para-hydroxylation sites is 1. The standard InChI is InChI=1S/C18H20N4O2.C2HF3O2/c1-18(2,19)12-20-17(23)15-11-14(16-9-6-10-24-16)21-22(15)13-7-4-3-5-8-13;3-2(4,5)1(6)7/h3-11H,12,19H2,1-2H3,(H,20,23);(H,6,7). The van der Waals surface area contributed by atoms with Crippen molar-refractivity contribution >= 4 is 11.9 Å². The van der Waals surface area contributed by atoms with Gasteiger partial charge in [0, 0.05) is 18.2 Å². The summed E-state index contributed by atoms with van der Waals surface area (Å²) in [6, 6.07) is 14.8. The summed E-state index contributed by atoms with van der Waals surface area (Å²) in [7, 11) is 0. The van der Waals surface area contributed by atoms with Crippen LogP contribution in [0.1, 0.15) is 24.3 Å². The van der Waals surface area contributed by atoms with E-state index >= 15 is 0 Å². The number of rotatable bonds is 5. The monoisotopic (exact) mass is 438 g/mol. The molecule has 0 bridgehead atoms. The van der Waals surface area contributed by atoms with Crippen molar-refractivity contribution in [2.75, 3.05) is 6.54 Å². The lowest BCUT2D eigenvalue weighted by atomic mass is 10.1. The third-order valence-corrected chi connectivity index (χ3v) is 3.66. The average Bonchev–Trinajstić information content (AvgIpc) is 3.35. The van der Waals surface area contributed by atoms with E-state index in [9.17, 15) is 18.0 Å². The van der Waals surface area contributed by atoms with E-state index in [-0.39, 0.29) is 5.91 Å². The number of nitrogens with two attached hydrogens (primary N) is 1. The zero-order valence-corrected chi connectivity index (χ0v) is 16.7. The van der Waals surface area contributed by atoms with Crippen molar-refractivity contribution in [3.8, 4) is 17.1 Å². The largest absolute Gasteiger partial charge is 0.490 e. The average molecular weight is 438 g/mol. The highest BCUT2D eigenvalue weighted by molar-refractivity contribution is 5.94. The molecule has 3 rings (SSSR count). The summed E-state index contributed by atoms with van der Waals surface area (Å²) >= 11 is 0. The molecule has 8 nitrogen and oxygen atoms in total. The molecule has 0 spiro atoms. The smallest absolute Gasteiger partial charge is 0.475 e. The molecule has 0 fully saturated rings. The summed E-state index contributed by atoms with van der Waals surface area (Å²) in [6.07, 6.45) is -3.51.